The van der Waals surface area contributed by atoms with Crippen LogP contribution in [-0.4, -0.2) is 11.8 Å². The van der Waals surface area contributed by atoms with Crippen LogP contribution in [0.3, 0.4) is 0 Å². The first-order valence-electron chi connectivity index (χ1n) is 9.16. The Morgan fingerprint density at radius 3 is 2.68 bits per heavy atom. The van der Waals surface area contributed by atoms with Gasteiger partial charge in [-0.25, -0.2) is 4.39 Å². The predicted molar refractivity (Wildman–Crippen MR) is 105 cm³/mol. The number of carbonyl (C=O) groups excluding carboxylic acids is 2. The zero-order chi connectivity index (χ0) is 19.7. The highest BCUT2D eigenvalue weighted by atomic mass is 19.1. The fourth-order valence-electron chi connectivity index (χ4n) is 3.20. The summed E-state index contributed by atoms with van der Waals surface area (Å²) in [6.45, 7) is 2.08. The van der Waals surface area contributed by atoms with Gasteiger partial charge in [0.25, 0.3) is 5.91 Å². The highest BCUT2D eigenvalue weighted by Gasteiger charge is 2.20. The maximum Gasteiger partial charge on any atom is 0.291 e. The van der Waals surface area contributed by atoms with Crippen molar-refractivity contribution in [2.45, 2.75) is 26.2 Å². The predicted octanol–water partition coefficient (Wildman–Crippen LogP) is 4.79. The molecule has 2 heterocycles. The maximum absolute atomic E-state index is 14.3. The molecule has 3 aromatic rings. The fourth-order valence-corrected chi connectivity index (χ4v) is 3.20. The van der Waals surface area contributed by atoms with Gasteiger partial charge in [0.1, 0.15) is 11.6 Å². The third-order valence-corrected chi connectivity index (χ3v) is 4.81. The van der Waals surface area contributed by atoms with E-state index in [4.69, 9.17) is 4.42 Å². The Hall–Kier alpha value is -3.41. The molecule has 5 nitrogen and oxygen atoms in total. The van der Waals surface area contributed by atoms with Gasteiger partial charge in [-0.1, -0.05) is 31.2 Å². The molecular weight excluding hydrogens is 359 g/mol. The van der Waals surface area contributed by atoms with Gasteiger partial charge in [0.2, 0.25) is 5.91 Å². The summed E-state index contributed by atoms with van der Waals surface area (Å²) in [7, 11) is 0. The number of furan rings is 1. The van der Waals surface area contributed by atoms with Gasteiger partial charge in [0, 0.05) is 17.7 Å². The Labute approximate surface area is 161 Å². The SMILES string of the molecule is CCc1ccc(-c2ccc(C(=O)Nc3cc4c(cc3F)NC(=O)CC4)o2)cc1. The summed E-state index contributed by atoms with van der Waals surface area (Å²) < 4.78 is 20.0. The zero-order valence-corrected chi connectivity index (χ0v) is 15.3. The largest absolute Gasteiger partial charge is 0.451 e. The molecule has 2 amide bonds. The first-order valence-corrected chi connectivity index (χ1v) is 9.16. The number of fused-ring (bicyclic) bond motifs is 1. The lowest BCUT2D eigenvalue weighted by Crippen LogP contribution is -2.20. The van der Waals surface area contributed by atoms with E-state index >= 15 is 0 Å². The molecule has 4 rings (SSSR count). The average molecular weight is 378 g/mol. The van der Waals surface area contributed by atoms with Gasteiger partial charge in [-0.05, 0) is 48.2 Å². The molecule has 2 aromatic carbocycles. The lowest BCUT2D eigenvalue weighted by atomic mass is 10.0. The number of rotatable bonds is 4. The Balaban J connectivity index is 1.53. The normalized spacial score (nSPS) is 13.0. The van der Waals surface area contributed by atoms with Crippen molar-refractivity contribution in [2.75, 3.05) is 10.6 Å². The summed E-state index contributed by atoms with van der Waals surface area (Å²) in [5.74, 6) is -0.619. The van der Waals surface area contributed by atoms with Crippen molar-refractivity contribution in [2.24, 2.45) is 0 Å². The number of carbonyl (C=O) groups is 2. The number of nitrogens with one attached hydrogen (secondary N) is 2. The second kappa shape index (κ2) is 7.31. The minimum absolute atomic E-state index is 0.0603. The molecule has 0 aliphatic carbocycles. The Morgan fingerprint density at radius 1 is 1.14 bits per heavy atom. The highest BCUT2D eigenvalue weighted by Crippen LogP contribution is 2.29. The van der Waals surface area contributed by atoms with Crippen LogP contribution in [0.1, 0.15) is 35.0 Å². The molecule has 6 heteroatoms. The number of hydrogen-bond donors (Lipinski definition) is 2. The molecule has 0 spiro atoms. The van der Waals surface area contributed by atoms with E-state index in [1.165, 1.54) is 11.6 Å². The molecule has 1 aromatic heterocycles. The first-order chi connectivity index (χ1) is 13.5. The van der Waals surface area contributed by atoms with E-state index in [0.29, 0.717) is 24.3 Å². The van der Waals surface area contributed by atoms with Gasteiger partial charge in [-0.2, -0.15) is 0 Å². The van der Waals surface area contributed by atoms with E-state index in [-0.39, 0.29) is 17.4 Å². The lowest BCUT2D eigenvalue weighted by molar-refractivity contribution is -0.116. The number of benzene rings is 2. The van der Waals surface area contributed by atoms with E-state index in [9.17, 15) is 14.0 Å². The number of halogens is 1. The Kier molecular flexibility index (Phi) is 4.69. The van der Waals surface area contributed by atoms with Crippen molar-refractivity contribution in [1.29, 1.82) is 0 Å². The van der Waals surface area contributed by atoms with Crippen LogP contribution >= 0.6 is 0 Å². The monoisotopic (exact) mass is 378 g/mol. The molecule has 28 heavy (non-hydrogen) atoms. The van der Waals surface area contributed by atoms with Crippen LogP contribution in [0, 0.1) is 5.82 Å². The van der Waals surface area contributed by atoms with Crippen molar-refractivity contribution < 1.29 is 18.4 Å². The van der Waals surface area contributed by atoms with E-state index in [1.54, 1.807) is 18.2 Å². The van der Waals surface area contributed by atoms with Gasteiger partial charge >= 0.3 is 0 Å². The Morgan fingerprint density at radius 2 is 1.93 bits per heavy atom. The molecule has 0 radical (unpaired) electrons. The zero-order valence-electron chi connectivity index (χ0n) is 15.3. The van der Waals surface area contributed by atoms with Gasteiger partial charge in [0.15, 0.2) is 5.76 Å². The number of amides is 2. The summed E-state index contributed by atoms with van der Waals surface area (Å²) in [6.07, 6.45) is 1.79. The quantitative estimate of drug-likeness (QED) is 0.686. The fraction of sp³-hybridized carbons (Fsp3) is 0.182. The van der Waals surface area contributed by atoms with Gasteiger partial charge < -0.3 is 15.1 Å². The van der Waals surface area contributed by atoms with Crippen LogP contribution in [-0.2, 0) is 17.6 Å². The number of hydrogen-bond acceptors (Lipinski definition) is 3. The summed E-state index contributed by atoms with van der Waals surface area (Å²) in [5, 5.41) is 5.18. The van der Waals surface area contributed by atoms with Crippen molar-refractivity contribution in [1.82, 2.24) is 0 Å². The molecular formula is C22H19FN2O3. The van der Waals surface area contributed by atoms with Gasteiger partial charge in [-0.3, -0.25) is 9.59 Å². The topological polar surface area (TPSA) is 71.3 Å². The van der Waals surface area contributed by atoms with E-state index in [1.807, 2.05) is 24.3 Å². The molecule has 1 aliphatic heterocycles. The van der Waals surface area contributed by atoms with Crippen LogP contribution < -0.4 is 10.6 Å². The third kappa shape index (κ3) is 3.53. The molecule has 0 saturated carbocycles. The van der Waals surface area contributed by atoms with Crippen LogP contribution in [0.5, 0.6) is 0 Å². The summed E-state index contributed by atoms with van der Waals surface area (Å²) in [6, 6.07) is 14.0. The van der Waals surface area contributed by atoms with Crippen LogP contribution in [0.2, 0.25) is 0 Å². The van der Waals surface area contributed by atoms with Crippen molar-refractivity contribution in [3.05, 3.63) is 71.2 Å². The van der Waals surface area contributed by atoms with Crippen molar-refractivity contribution in [3.8, 4) is 11.3 Å². The maximum atomic E-state index is 14.3. The molecule has 0 bridgehead atoms. The highest BCUT2D eigenvalue weighted by molar-refractivity contribution is 6.03. The van der Waals surface area contributed by atoms with E-state index in [0.717, 1.165) is 17.5 Å². The second-order valence-corrected chi connectivity index (χ2v) is 6.71. The lowest BCUT2D eigenvalue weighted by Gasteiger charge is -2.18. The molecule has 0 fully saturated rings. The molecule has 1 aliphatic rings. The van der Waals surface area contributed by atoms with Crippen LogP contribution in [0.4, 0.5) is 15.8 Å². The molecule has 2 N–H and O–H groups in total. The molecule has 142 valence electrons. The summed E-state index contributed by atoms with van der Waals surface area (Å²) >= 11 is 0. The van der Waals surface area contributed by atoms with Gasteiger partial charge in [0.05, 0.1) is 5.69 Å². The smallest absolute Gasteiger partial charge is 0.291 e. The van der Waals surface area contributed by atoms with Crippen molar-refractivity contribution in [3.63, 3.8) is 0 Å². The van der Waals surface area contributed by atoms with Gasteiger partial charge in [-0.15, -0.1) is 0 Å². The standard InChI is InChI=1S/C22H19FN2O3/c1-2-13-3-5-14(6-4-13)19-8-9-20(28-19)22(27)25-18-11-15-7-10-21(26)24-17(15)12-16(18)23/h3-6,8-9,11-12H,2,7,10H2,1H3,(H,24,26)(H,25,27). The van der Waals surface area contributed by atoms with E-state index < -0.39 is 11.7 Å². The molecule has 0 saturated heterocycles. The Bertz CT molecular complexity index is 1050. The number of aryl methyl sites for hydroxylation is 2. The number of anilines is 2. The summed E-state index contributed by atoms with van der Waals surface area (Å²) in [5.41, 5.74) is 3.37. The third-order valence-electron chi connectivity index (χ3n) is 4.81. The van der Waals surface area contributed by atoms with Crippen molar-refractivity contribution >= 4 is 23.2 Å². The van der Waals surface area contributed by atoms with Crippen LogP contribution in [0.25, 0.3) is 11.3 Å². The minimum Gasteiger partial charge on any atom is -0.451 e. The van der Waals surface area contributed by atoms with Crippen LogP contribution in [0.15, 0.2) is 52.9 Å². The van der Waals surface area contributed by atoms with E-state index in [2.05, 4.69) is 17.6 Å². The summed E-state index contributed by atoms with van der Waals surface area (Å²) in [4.78, 5) is 23.9. The minimum atomic E-state index is -0.615. The molecule has 0 unspecified atom stereocenters. The molecule has 0 atom stereocenters. The average Bonchev–Trinajstić information content (AvgIpc) is 3.19. The first kappa shape index (κ1) is 18.0. The second-order valence-electron chi connectivity index (χ2n) is 6.71.